The van der Waals surface area contributed by atoms with Crippen molar-refractivity contribution < 1.29 is 8.78 Å². The predicted molar refractivity (Wildman–Crippen MR) is 69.4 cm³/mol. The zero-order valence-electron chi connectivity index (χ0n) is 11.0. The number of rotatable bonds is 5. The Morgan fingerprint density at radius 2 is 1.94 bits per heavy atom. The second kappa shape index (κ2) is 5.79. The summed E-state index contributed by atoms with van der Waals surface area (Å²) < 4.78 is 26.7. The summed E-state index contributed by atoms with van der Waals surface area (Å²) in [6, 6.07) is 4.95. The first-order valence-electron chi connectivity index (χ1n) is 6.74. The van der Waals surface area contributed by atoms with Crippen LogP contribution in [0.4, 0.5) is 8.78 Å². The van der Waals surface area contributed by atoms with Crippen molar-refractivity contribution in [3.63, 3.8) is 0 Å². The maximum Gasteiger partial charge on any atom is 0.162 e. The molecule has 0 amide bonds. The first-order chi connectivity index (χ1) is 8.58. The summed E-state index contributed by atoms with van der Waals surface area (Å²) in [5.41, 5.74) is 0.522. The maximum atomic E-state index is 13.6. The molecule has 2 rings (SSSR count). The quantitative estimate of drug-likeness (QED) is 0.846. The highest BCUT2D eigenvalue weighted by atomic mass is 19.2. The van der Waals surface area contributed by atoms with Crippen LogP contribution in [0.2, 0.25) is 0 Å². The Kier molecular flexibility index (Phi) is 4.33. The zero-order valence-corrected chi connectivity index (χ0v) is 11.0. The van der Waals surface area contributed by atoms with E-state index in [1.165, 1.54) is 12.5 Å². The van der Waals surface area contributed by atoms with Crippen molar-refractivity contribution in [1.82, 2.24) is 5.32 Å². The van der Waals surface area contributed by atoms with E-state index < -0.39 is 11.6 Å². The van der Waals surface area contributed by atoms with Gasteiger partial charge in [0.05, 0.1) is 0 Å². The molecule has 0 saturated heterocycles. The van der Waals surface area contributed by atoms with Gasteiger partial charge < -0.3 is 5.32 Å². The van der Waals surface area contributed by atoms with E-state index in [0.29, 0.717) is 29.9 Å². The average molecular weight is 253 g/mol. The molecule has 1 aliphatic carbocycles. The molecule has 2 atom stereocenters. The number of halogens is 2. The third kappa shape index (κ3) is 3.08. The first kappa shape index (κ1) is 13.5. The summed E-state index contributed by atoms with van der Waals surface area (Å²) in [5, 5.41) is 3.42. The highest BCUT2D eigenvalue weighted by molar-refractivity contribution is 5.20. The van der Waals surface area contributed by atoms with Crippen molar-refractivity contribution in [1.29, 1.82) is 0 Å². The summed E-state index contributed by atoms with van der Waals surface area (Å²) in [6.45, 7) is 5.24. The van der Waals surface area contributed by atoms with E-state index in [1.54, 1.807) is 12.1 Å². The molecule has 100 valence electrons. The highest BCUT2D eigenvalue weighted by Gasteiger charge is 2.31. The van der Waals surface area contributed by atoms with Gasteiger partial charge in [-0.1, -0.05) is 26.0 Å². The van der Waals surface area contributed by atoms with E-state index in [9.17, 15) is 8.78 Å². The fraction of sp³-hybridized carbons (Fsp3) is 0.600. The lowest BCUT2D eigenvalue weighted by Crippen LogP contribution is -2.38. The van der Waals surface area contributed by atoms with Crippen LogP contribution in [-0.4, -0.2) is 12.6 Å². The molecule has 18 heavy (non-hydrogen) atoms. The van der Waals surface area contributed by atoms with Gasteiger partial charge >= 0.3 is 0 Å². The molecule has 0 spiro atoms. The lowest BCUT2D eigenvalue weighted by molar-refractivity contribution is 0.166. The van der Waals surface area contributed by atoms with Crippen molar-refractivity contribution in [2.75, 3.05) is 6.54 Å². The Bertz CT molecular complexity index is 403. The second-order valence-electron chi connectivity index (χ2n) is 5.58. The van der Waals surface area contributed by atoms with Gasteiger partial charge in [0.1, 0.15) is 0 Å². The van der Waals surface area contributed by atoms with Crippen LogP contribution in [0.3, 0.4) is 0 Å². The van der Waals surface area contributed by atoms with Crippen molar-refractivity contribution in [3.05, 3.63) is 35.4 Å². The summed E-state index contributed by atoms with van der Waals surface area (Å²) in [6.07, 6.45) is 2.98. The first-order valence-corrected chi connectivity index (χ1v) is 6.74. The lowest BCUT2D eigenvalue weighted by Gasteiger charge is -2.37. The molecule has 0 heterocycles. The topological polar surface area (TPSA) is 12.0 Å². The van der Waals surface area contributed by atoms with E-state index in [0.717, 1.165) is 13.0 Å². The molecule has 3 heteroatoms. The van der Waals surface area contributed by atoms with Crippen molar-refractivity contribution >= 4 is 0 Å². The van der Waals surface area contributed by atoms with Crippen LogP contribution in [0.25, 0.3) is 0 Å². The summed E-state index contributed by atoms with van der Waals surface area (Å²) in [7, 11) is 0. The Hall–Kier alpha value is -0.960. The van der Waals surface area contributed by atoms with Crippen LogP contribution in [0.1, 0.15) is 32.3 Å². The van der Waals surface area contributed by atoms with Crippen LogP contribution in [0.5, 0.6) is 0 Å². The number of hydrogen-bond acceptors (Lipinski definition) is 1. The minimum atomic E-state index is -0.733. The molecular formula is C15H21F2N. The van der Waals surface area contributed by atoms with Crippen LogP contribution in [0.15, 0.2) is 18.2 Å². The largest absolute Gasteiger partial charge is 0.314 e. The van der Waals surface area contributed by atoms with E-state index in [2.05, 4.69) is 19.2 Å². The molecule has 1 aromatic carbocycles. The van der Waals surface area contributed by atoms with Gasteiger partial charge in [-0.3, -0.25) is 0 Å². The van der Waals surface area contributed by atoms with Gasteiger partial charge in [-0.15, -0.1) is 0 Å². The Morgan fingerprint density at radius 3 is 2.56 bits per heavy atom. The third-order valence-electron chi connectivity index (χ3n) is 3.88. The van der Waals surface area contributed by atoms with Crippen molar-refractivity contribution in [2.45, 2.75) is 39.2 Å². The van der Waals surface area contributed by atoms with Gasteiger partial charge in [0.25, 0.3) is 0 Å². The molecule has 0 aromatic heterocycles. The number of hydrogen-bond donors (Lipinski definition) is 1. The molecule has 0 radical (unpaired) electrons. The molecule has 1 aromatic rings. The Balaban J connectivity index is 1.91. The molecule has 2 unspecified atom stereocenters. The van der Waals surface area contributed by atoms with E-state index in [-0.39, 0.29) is 0 Å². The molecule has 1 saturated carbocycles. The number of benzene rings is 1. The Labute approximate surface area is 108 Å². The normalized spacial score (nSPS) is 23.2. The summed E-state index contributed by atoms with van der Waals surface area (Å²) in [5.74, 6) is -0.300. The fourth-order valence-corrected chi connectivity index (χ4v) is 2.55. The van der Waals surface area contributed by atoms with Crippen LogP contribution >= 0.6 is 0 Å². The van der Waals surface area contributed by atoms with Crippen LogP contribution in [-0.2, 0) is 6.42 Å². The Morgan fingerprint density at radius 1 is 1.22 bits per heavy atom. The lowest BCUT2D eigenvalue weighted by atomic mass is 9.70. The highest BCUT2D eigenvalue weighted by Crippen LogP contribution is 2.36. The molecule has 0 bridgehead atoms. The zero-order chi connectivity index (χ0) is 13.1. The molecule has 1 N–H and O–H groups in total. The van der Waals surface area contributed by atoms with Gasteiger partial charge in [0.2, 0.25) is 0 Å². The predicted octanol–water partition coefficient (Wildman–Crippen LogP) is 3.53. The van der Waals surface area contributed by atoms with Gasteiger partial charge in [0.15, 0.2) is 11.6 Å². The van der Waals surface area contributed by atoms with E-state index >= 15 is 0 Å². The third-order valence-corrected chi connectivity index (χ3v) is 3.88. The molecule has 1 fully saturated rings. The van der Waals surface area contributed by atoms with Crippen molar-refractivity contribution in [3.8, 4) is 0 Å². The van der Waals surface area contributed by atoms with Gasteiger partial charge in [-0.05, 0) is 49.3 Å². The minimum Gasteiger partial charge on any atom is -0.314 e. The van der Waals surface area contributed by atoms with Gasteiger partial charge in [-0.25, -0.2) is 8.78 Å². The smallest absolute Gasteiger partial charge is 0.162 e. The van der Waals surface area contributed by atoms with Gasteiger partial charge in [-0.2, -0.15) is 0 Å². The summed E-state index contributed by atoms with van der Waals surface area (Å²) >= 11 is 0. The minimum absolute atomic E-state index is 0.483. The van der Waals surface area contributed by atoms with E-state index in [4.69, 9.17) is 0 Å². The van der Waals surface area contributed by atoms with Crippen LogP contribution in [0, 0.1) is 23.5 Å². The molecular weight excluding hydrogens is 232 g/mol. The van der Waals surface area contributed by atoms with Crippen molar-refractivity contribution in [2.24, 2.45) is 11.8 Å². The second-order valence-corrected chi connectivity index (χ2v) is 5.58. The standard InChI is InChI=1S/C15H21F2N/c1-10(2)18-9-13-7-6-11(13)8-12-4-3-5-14(16)15(12)17/h3-5,10-11,13,18H,6-9H2,1-2H3. The fourth-order valence-electron chi connectivity index (χ4n) is 2.55. The summed E-state index contributed by atoms with van der Waals surface area (Å²) in [4.78, 5) is 0. The number of nitrogens with one attached hydrogen (secondary N) is 1. The van der Waals surface area contributed by atoms with Crippen LogP contribution < -0.4 is 5.32 Å². The maximum absolute atomic E-state index is 13.6. The molecule has 1 aliphatic rings. The van der Waals surface area contributed by atoms with E-state index in [1.807, 2.05) is 0 Å². The molecule has 1 nitrogen and oxygen atoms in total. The molecule has 0 aliphatic heterocycles. The SMILES string of the molecule is CC(C)NCC1CCC1Cc1cccc(F)c1F. The van der Waals surface area contributed by atoms with Gasteiger partial charge in [0, 0.05) is 6.04 Å². The monoisotopic (exact) mass is 253 g/mol. The average Bonchev–Trinajstić information content (AvgIpc) is 2.29.